The van der Waals surface area contributed by atoms with Gasteiger partial charge in [0.2, 0.25) is 0 Å². The highest BCUT2D eigenvalue weighted by molar-refractivity contribution is 7.71. The van der Waals surface area contributed by atoms with Crippen LogP contribution in [-0.2, 0) is 6.42 Å². The minimum absolute atomic E-state index is 0.414. The van der Waals surface area contributed by atoms with Gasteiger partial charge in [-0.15, -0.1) is 0 Å². The lowest BCUT2D eigenvalue weighted by molar-refractivity contribution is 0.414. The molecule has 0 saturated heterocycles. The van der Waals surface area contributed by atoms with Crippen molar-refractivity contribution in [1.29, 1.82) is 0 Å². The van der Waals surface area contributed by atoms with Crippen molar-refractivity contribution in [1.82, 2.24) is 4.98 Å². The molecule has 0 bridgehead atoms. The summed E-state index contributed by atoms with van der Waals surface area (Å²) in [6.07, 6.45) is 0.855. The molecule has 0 atom stereocenters. The first kappa shape index (κ1) is 12.0. The molecule has 3 rings (SSSR count). The summed E-state index contributed by atoms with van der Waals surface area (Å²) in [4.78, 5) is 3.41. The fraction of sp³-hybridized carbons (Fsp3) is 0.133. The Kier molecular flexibility index (Phi) is 3.09. The van der Waals surface area contributed by atoms with Crippen LogP contribution in [0.1, 0.15) is 11.1 Å². The van der Waals surface area contributed by atoms with Gasteiger partial charge in [0, 0.05) is 0 Å². The Balaban J connectivity index is 1.89. The van der Waals surface area contributed by atoms with Gasteiger partial charge in [0.1, 0.15) is 5.75 Å². The van der Waals surface area contributed by atoms with Crippen LogP contribution >= 0.6 is 12.2 Å². The van der Waals surface area contributed by atoms with E-state index < -0.39 is 0 Å². The summed E-state index contributed by atoms with van der Waals surface area (Å²) in [5.41, 5.74) is 4.16. The maximum absolute atomic E-state index is 5.42. The highest BCUT2D eigenvalue weighted by Crippen LogP contribution is 2.19. The number of fused-ring (bicyclic) bond motifs is 1. The predicted octanol–water partition coefficient (Wildman–Crippen LogP) is 4.09. The van der Waals surface area contributed by atoms with Crippen LogP contribution in [0.2, 0.25) is 0 Å². The number of aromatic amines is 1. The Morgan fingerprint density at radius 3 is 2.58 bits per heavy atom. The molecule has 2 aromatic carbocycles. The van der Waals surface area contributed by atoms with Crippen molar-refractivity contribution < 1.29 is 9.15 Å². The van der Waals surface area contributed by atoms with Crippen LogP contribution in [-0.4, -0.2) is 12.1 Å². The summed E-state index contributed by atoms with van der Waals surface area (Å²) >= 11 is 4.98. The molecule has 0 radical (unpaired) electrons. The molecule has 4 heteroatoms. The predicted molar refractivity (Wildman–Crippen MR) is 77.2 cm³/mol. The Morgan fingerprint density at radius 2 is 1.84 bits per heavy atom. The molecule has 0 aliphatic rings. The molecule has 0 aliphatic heterocycles. The van der Waals surface area contributed by atoms with Gasteiger partial charge in [0.15, 0.2) is 5.58 Å². The van der Waals surface area contributed by atoms with E-state index in [1.54, 1.807) is 7.11 Å². The molecule has 0 unspecified atom stereocenters. The number of ether oxygens (including phenoxy) is 1. The molecule has 3 aromatic rings. The van der Waals surface area contributed by atoms with E-state index in [0.717, 1.165) is 23.3 Å². The first-order valence-corrected chi connectivity index (χ1v) is 6.40. The average Bonchev–Trinajstić information content (AvgIpc) is 2.79. The van der Waals surface area contributed by atoms with Crippen LogP contribution in [0.4, 0.5) is 0 Å². The number of rotatable bonds is 3. The van der Waals surface area contributed by atoms with E-state index in [1.165, 1.54) is 11.1 Å². The van der Waals surface area contributed by atoms with Gasteiger partial charge < -0.3 is 14.1 Å². The smallest absolute Gasteiger partial charge is 0.266 e. The number of hydrogen-bond donors (Lipinski definition) is 1. The first-order chi connectivity index (χ1) is 9.24. The van der Waals surface area contributed by atoms with Crippen molar-refractivity contribution in [3.05, 3.63) is 58.4 Å². The zero-order valence-electron chi connectivity index (χ0n) is 10.5. The van der Waals surface area contributed by atoms with Crippen molar-refractivity contribution >= 4 is 23.3 Å². The molecule has 19 heavy (non-hydrogen) atoms. The molecular weight excluding hydrogens is 258 g/mol. The van der Waals surface area contributed by atoms with E-state index in [9.17, 15) is 0 Å². The van der Waals surface area contributed by atoms with Gasteiger partial charge in [-0.05, 0) is 54.0 Å². The van der Waals surface area contributed by atoms with E-state index in [2.05, 4.69) is 23.2 Å². The third-order valence-corrected chi connectivity index (χ3v) is 3.24. The van der Waals surface area contributed by atoms with Crippen molar-refractivity contribution in [2.75, 3.05) is 7.11 Å². The van der Waals surface area contributed by atoms with Crippen molar-refractivity contribution in [2.45, 2.75) is 6.42 Å². The van der Waals surface area contributed by atoms with Crippen molar-refractivity contribution in [3.8, 4) is 5.75 Å². The van der Waals surface area contributed by atoms with Crippen molar-refractivity contribution in [3.63, 3.8) is 0 Å². The van der Waals surface area contributed by atoms with E-state index >= 15 is 0 Å². The summed E-state index contributed by atoms with van der Waals surface area (Å²) < 4.78 is 10.6. The minimum atomic E-state index is 0.414. The van der Waals surface area contributed by atoms with Gasteiger partial charge in [-0.3, -0.25) is 0 Å². The highest BCUT2D eigenvalue weighted by atomic mass is 32.1. The quantitative estimate of drug-likeness (QED) is 0.729. The fourth-order valence-electron chi connectivity index (χ4n) is 2.08. The summed E-state index contributed by atoms with van der Waals surface area (Å²) in [7, 11) is 1.67. The van der Waals surface area contributed by atoms with Gasteiger partial charge >= 0.3 is 0 Å². The fourth-order valence-corrected chi connectivity index (χ4v) is 2.28. The molecule has 1 N–H and O–H groups in total. The molecule has 96 valence electrons. The second-order valence-electron chi connectivity index (χ2n) is 4.37. The van der Waals surface area contributed by atoms with E-state index in [1.807, 2.05) is 24.3 Å². The van der Waals surface area contributed by atoms with Crippen molar-refractivity contribution in [2.24, 2.45) is 0 Å². The molecular formula is C15H13NO2S. The van der Waals surface area contributed by atoms with E-state index in [0.29, 0.717) is 4.84 Å². The lowest BCUT2D eigenvalue weighted by atomic mass is 10.0. The van der Waals surface area contributed by atoms with Gasteiger partial charge in [-0.2, -0.15) is 0 Å². The third kappa shape index (κ3) is 2.53. The Bertz CT molecular complexity index is 756. The second-order valence-corrected chi connectivity index (χ2v) is 4.74. The van der Waals surface area contributed by atoms with Crippen LogP contribution in [0.15, 0.2) is 46.9 Å². The molecule has 0 spiro atoms. The highest BCUT2D eigenvalue weighted by Gasteiger charge is 2.02. The molecule has 0 fully saturated rings. The molecule has 0 aliphatic carbocycles. The number of benzene rings is 2. The van der Waals surface area contributed by atoms with Crippen LogP contribution in [0.3, 0.4) is 0 Å². The monoisotopic (exact) mass is 271 g/mol. The van der Waals surface area contributed by atoms with Crippen LogP contribution < -0.4 is 4.74 Å². The van der Waals surface area contributed by atoms with Crippen LogP contribution in [0.25, 0.3) is 11.1 Å². The molecule has 1 heterocycles. The summed E-state index contributed by atoms with van der Waals surface area (Å²) in [5.74, 6) is 0.871. The summed E-state index contributed by atoms with van der Waals surface area (Å²) in [6, 6.07) is 14.2. The minimum Gasteiger partial charge on any atom is -0.497 e. The Morgan fingerprint density at radius 1 is 1.11 bits per heavy atom. The molecule has 3 nitrogen and oxygen atoms in total. The van der Waals surface area contributed by atoms with E-state index in [4.69, 9.17) is 21.4 Å². The number of oxazole rings is 1. The zero-order valence-corrected chi connectivity index (χ0v) is 11.3. The number of H-pyrrole nitrogens is 1. The lowest BCUT2D eigenvalue weighted by Gasteiger charge is -2.03. The van der Waals surface area contributed by atoms with Crippen LogP contribution in [0, 0.1) is 4.84 Å². The number of hydrogen-bond acceptors (Lipinski definition) is 3. The van der Waals surface area contributed by atoms with Gasteiger partial charge in [0.05, 0.1) is 12.6 Å². The number of nitrogens with one attached hydrogen (secondary N) is 1. The first-order valence-electron chi connectivity index (χ1n) is 5.99. The van der Waals surface area contributed by atoms with Gasteiger partial charge in [0.25, 0.3) is 4.84 Å². The summed E-state index contributed by atoms with van der Waals surface area (Å²) in [5, 5.41) is 0. The lowest BCUT2D eigenvalue weighted by Crippen LogP contribution is -1.89. The van der Waals surface area contributed by atoms with Gasteiger partial charge in [-0.25, -0.2) is 0 Å². The topological polar surface area (TPSA) is 38.2 Å². The Hall–Kier alpha value is -2.07. The average molecular weight is 271 g/mol. The second kappa shape index (κ2) is 4.90. The standard InChI is InChI=1S/C15H13NO2S/c1-17-12-5-2-10(3-6-12)8-11-4-7-13-14(9-11)18-15(19)16-13/h2-7,9H,8H2,1H3,(H,16,19). The molecule has 0 saturated carbocycles. The Labute approximate surface area is 115 Å². The number of methoxy groups -OCH3 is 1. The molecule has 1 aromatic heterocycles. The summed E-state index contributed by atoms with van der Waals surface area (Å²) in [6.45, 7) is 0. The van der Waals surface area contributed by atoms with Gasteiger partial charge in [-0.1, -0.05) is 18.2 Å². The number of aromatic nitrogens is 1. The van der Waals surface area contributed by atoms with Crippen LogP contribution in [0.5, 0.6) is 5.75 Å². The maximum Gasteiger partial charge on any atom is 0.266 e. The SMILES string of the molecule is COc1ccc(Cc2ccc3[nH]c(=S)oc3c2)cc1. The molecule has 0 amide bonds. The zero-order chi connectivity index (χ0) is 13.2. The normalized spacial score (nSPS) is 10.8. The maximum atomic E-state index is 5.42. The van der Waals surface area contributed by atoms with E-state index in [-0.39, 0.29) is 0 Å². The largest absolute Gasteiger partial charge is 0.497 e. The third-order valence-electron chi connectivity index (χ3n) is 3.05.